The fourth-order valence-corrected chi connectivity index (χ4v) is 5.28. The number of hydrogen-bond acceptors (Lipinski definition) is 3. The molecular weight excluding hydrogens is 450 g/mol. The number of hydrogen-bond donors (Lipinski definition) is 2. The van der Waals surface area contributed by atoms with Crippen LogP contribution >= 0.6 is 0 Å². The number of benzene rings is 1. The molecule has 0 radical (unpaired) electrons. The molecule has 0 bridgehead atoms. The van der Waals surface area contributed by atoms with E-state index in [1.165, 1.54) is 16.8 Å². The highest BCUT2D eigenvalue weighted by molar-refractivity contribution is 5.97. The minimum Gasteiger partial charge on any atom is -0.353 e. The number of carbonyl (C=O) groups excluding carboxylic acids is 3. The highest BCUT2D eigenvalue weighted by Crippen LogP contribution is 2.37. The summed E-state index contributed by atoms with van der Waals surface area (Å²) >= 11 is 0. The first-order chi connectivity index (χ1) is 17.5. The second-order valence-corrected chi connectivity index (χ2v) is 8.83. The van der Waals surface area contributed by atoms with Gasteiger partial charge in [-0.2, -0.15) is 0 Å². The maximum Gasteiger partial charge on any atom is 0.253 e. The van der Waals surface area contributed by atoms with Crippen molar-refractivity contribution in [2.75, 3.05) is 0 Å². The van der Waals surface area contributed by atoms with Crippen molar-refractivity contribution in [3.8, 4) is 0 Å². The minimum absolute atomic E-state index is 0.0469. The van der Waals surface area contributed by atoms with Gasteiger partial charge in [0.1, 0.15) is 6.79 Å². The molecule has 1 fully saturated rings. The summed E-state index contributed by atoms with van der Waals surface area (Å²) in [6, 6.07) is 8.60. The van der Waals surface area contributed by atoms with Gasteiger partial charge in [0.05, 0.1) is 5.56 Å². The second kappa shape index (κ2) is 15.8. The van der Waals surface area contributed by atoms with Crippen molar-refractivity contribution in [1.82, 2.24) is 15.2 Å². The molecule has 2 aliphatic rings. The van der Waals surface area contributed by atoms with Gasteiger partial charge in [0.15, 0.2) is 0 Å². The van der Waals surface area contributed by atoms with Crippen LogP contribution in [-0.2, 0) is 41.9 Å². The second-order valence-electron chi connectivity index (χ2n) is 8.83. The molecule has 6 heteroatoms. The topological polar surface area (TPSA) is 80.2 Å². The van der Waals surface area contributed by atoms with E-state index in [2.05, 4.69) is 73.4 Å². The van der Waals surface area contributed by atoms with Crippen LogP contribution in [0.3, 0.4) is 0 Å². The van der Waals surface area contributed by atoms with E-state index in [-0.39, 0.29) is 11.8 Å². The zero-order valence-corrected chi connectivity index (χ0v) is 22.9. The number of aryl methyl sites for hydroxylation is 1. The van der Waals surface area contributed by atoms with E-state index in [0.29, 0.717) is 24.9 Å². The van der Waals surface area contributed by atoms with Gasteiger partial charge < -0.3 is 20.0 Å². The fourth-order valence-electron chi connectivity index (χ4n) is 5.28. The lowest BCUT2D eigenvalue weighted by Gasteiger charge is -2.18. The molecule has 4 rings (SSSR count). The number of fused-ring (bicyclic) bond motifs is 1. The van der Waals surface area contributed by atoms with E-state index < -0.39 is 0 Å². The van der Waals surface area contributed by atoms with E-state index in [1.54, 1.807) is 0 Å². The highest BCUT2D eigenvalue weighted by Gasteiger charge is 2.35. The molecule has 1 saturated heterocycles. The average Bonchev–Trinajstić information content (AvgIpc) is 3.60. The van der Waals surface area contributed by atoms with Crippen molar-refractivity contribution < 1.29 is 14.4 Å². The van der Waals surface area contributed by atoms with E-state index in [0.717, 1.165) is 55.5 Å². The Morgan fingerprint density at radius 1 is 1.11 bits per heavy atom. The third kappa shape index (κ3) is 7.42. The van der Waals surface area contributed by atoms with Gasteiger partial charge in [0.25, 0.3) is 5.91 Å². The molecular formula is C30H45N3O3. The van der Waals surface area contributed by atoms with E-state index in [1.807, 2.05) is 20.6 Å². The van der Waals surface area contributed by atoms with Gasteiger partial charge in [-0.15, -0.1) is 13.2 Å². The standard InChI is InChI=1S/C25H33N3O2.C2H6.C2H4.CH2O/c1-4-21-24(25(30)26-15-17-8-6-16(3)7-9-17)20-13-18(14-22(20)28(21)5-2)12-19-10-11-23(29)27-19;3*1-2/h6-9,18-19H,4-5,10-15H2,1-3H3,(H,26,30)(H,27,29);1-2H3;1-2H2;1H2. The van der Waals surface area contributed by atoms with Crippen LogP contribution in [0, 0.1) is 12.8 Å². The molecule has 1 aromatic heterocycles. The van der Waals surface area contributed by atoms with E-state index in [4.69, 9.17) is 4.79 Å². The van der Waals surface area contributed by atoms with Crippen molar-refractivity contribution in [1.29, 1.82) is 0 Å². The number of carbonyl (C=O) groups is 3. The quantitative estimate of drug-likeness (QED) is 0.509. The van der Waals surface area contributed by atoms with Gasteiger partial charge in [-0.25, -0.2) is 0 Å². The predicted molar refractivity (Wildman–Crippen MR) is 148 cm³/mol. The zero-order chi connectivity index (χ0) is 27.3. The van der Waals surface area contributed by atoms with Crippen molar-refractivity contribution in [2.45, 2.75) is 92.3 Å². The molecule has 2 N–H and O–H groups in total. The first kappa shape index (κ1) is 30.9. The molecule has 36 heavy (non-hydrogen) atoms. The predicted octanol–water partition coefficient (Wildman–Crippen LogP) is 5.34. The lowest BCUT2D eigenvalue weighted by Crippen LogP contribution is -2.28. The molecule has 2 atom stereocenters. The van der Waals surface area contributed by atoms with Crippen LogP contribution in [0.4, 0.5) is 0 Å². The number of aromatic nitrogens is 1. The maximum atomic E-state index is 13.3. The molecule has 0 saturated carbocycles. The van der Waals surface area contributed by atoms with Gasteiger partial charge >= 0.3 is 0 Å². The summed E-state index contributed by atoms with van der Waals surface area (Å²) in [5, 5.41) is 6.27. The summed E-state index contributed by atoms with van der Waals surface area (Å²) in [6.07, 6.45) is 5.41. The Balaban J connectivity index is 0.00000101. The largest absolute Gasteiger partial charge is 0.353 e. The van der Waals surface area contributed by atoms with Gasteiger partial charge in [-0.05, 0) is 63.0 Å². The summed E-state index contributed by atoms with van der Waals surface area (Å²) in [5.74, 6) is 0.731. The summed E-state index contributed by atoms with van der Waals surface area (Å²) in [4.78, 5) is 32.8. The molecule has 2 amide bonds. The molecule has 2 aromatic rings. The van der Waals surface area contributed by atoms with Crippen LogP contribution in [0.25, 0.3) is 0 Å². The van der Waals surface area contributed by atoms with E-state index in [9.17, 15) is 9.59 Å². The third-order valence-corrected chi connectivity index (χ3v) is 6.72. The van der Waals surface area contributed by atoms with Crippen molar-refractivity contribution >= 4 is 18.6 Å². The van der Waals surface area contributed by atoms with Gasteiger partial charge in [-0.1, -0.05) is 50.6 Å². The molecule has 0 spiro atoms. The van der Waals surface area contributed by atoms with Crippen LogP contribution in [0.5, 0.6) is 0 Å². The maximum absolute atomic E-state index is 13.3. The normalized spacial score (nSPS) is 17.3. The third-order valence-electron chi connectivity index (χ3n) is 6.72. The van der Waals surface area contributed by atoms with Gasteiger partial charge in [0.2, 0.25) is 5.91 Å². The fraction of sp³-hybridized carbons (Fsp3) is 0.500. The lowest BCUT2D eigenvalue weighted by molar-refractivity contribution is -0.119. The van der Waals surface area contributed by atoms with Crippen LogP contribution in [0.15, 0.2) is 37.4 Å². The van der Waals surface area contributed by atoms with Crippen LogP contribution in [0.1, 0.15) is 85.4 Å². The van der Waals surface area contributed by atoms with Crippen molar-refractivity contribution in [3.63, 3.8) is 0 Å². The number of amides is 2. The summed E-state index contributed by atoms with van der Waals surface area (Å²) in [5.41, 5.74) is 6.98. The highest BCUT2D eigenvalue weighted by atomic mass is 16.2. The Labute approximate surface area is 217 Å². The zero-order valence-electron chi connectivity index (χ0n) is 22.9. The molecule has 1 aromatic carbocycles. The van der Waals surface area contributed by atoms with Crippen LogP contribution in [-0.4, -0.2) is 29.2 Å². The van der Waals surface area contributed by atoms with Crippen LogP contribution < -0.4 is 10.6 Å². The smallest absolute Gasteiger partial charge is 0.253 e. The van der Waals surface area contributed by atoms with Crippen molar-refractivity contribution in [2.24, 2.45) is 5.92 Å². The Hall–Kier alpha value is -3.15. The molecule has 198 valence electrons. The first-order valence-corrected chi connectivity index (χ1v) is 13.1. The lowest BCUT2D eigenvalue weighted by atomic mass is 9.95. The molecule has 6 nitrogen and oxygen atoms in total. The van der Waals surface area contributed by atoms with Gasteiger partial charge in [0, 0.05) is 36.9 Å². The summed E-state index contributed by atoms with van der Waals surface area (Å²) in [6.45, 7) is 19.8. The molecule has 1 aliphatic heterocycles. The number of nitrogens with zero attached hydrogens (tertiary/aromatic N) is 1. The monoisotopic (exact) mass is 495 g/mol. The minimum atomic E-state index is 0.0469. The number of nitrogens with one attached hydrogen (secondary N) is 2. The average molecular weight is 496 g/mol. The van der Waals surface area contributed by atoms with Crippen LogP contribution in [0.2, 0.25) is 0 Å². The Morgan fingerprint density at radius 3 is 2.28 bits per heavy atom. The summed E-state index contributed by atoms with van der Waals surface area (Å²) < 4.78 is 2.36. The van der Waals surface area contributed by atoms with Gasteiger partial charge in [-0.3, -0.25) is 9.59 Å². The summed E-state index contributed by atoms with van der Waals surface area (Å²) in [7, 11) is 0. The van der Waals surface area contributed by atoms with Crippen molar-refractivity contribution in [3.05, 3.63) is 71.1 Å². The SMILES string of the molecule is C=C.C=O.CC.CCc1c(C(=O)NCc2ccc(C)cc2)c2c(n1CC)CC(CC1CCC(=O)N1)C2. The molecule has 2 heterocycles. The van der Waals surface area contributed by atoms with E-state index >= 15 is 0 Å². The Kier molecular flexibility index (Phi) is 13.5. The Bertz CT molecular complexity index is 976. The Morgan fingerprint density at radius 2 is 1.75 bits per heavy atom. The molecule has 2 unspecified atom stereocenters. The first-order valence-electron chi connectivity index (χ1n) is 13.1. The molecule has 1 aliphatic carbocycles. The number of rotatable bonds is 7.